The Balaban J connectivity index is 1.49. The van der Waals surface area contributed by atoms with Crippen molar-refractivity contribution in [3.8, 4) is 17.2 Å². The molecule has 0 heterocycles. The Morgan fingerprint density at radius 1 is 0.735 bits per heavy atom. The van der Waals surface area contributed by atoms with Gasteiger partial charge in [-0.2, -0.15) is 21.9 Å². The number of nitrogens with zero attached hydrogens (tertiary/aromatic N) is 4. The van der Waals surface area contributed by atoms with Crippen molar-refractivity contribution < 1.29 is 45.3 Å². The van der Waals surface area contributed by atoms with Crippen LogP contribution < -0.4 is 20.5 Å². The zero-order valence-electron chi connectivity index (χ0n) is 25.5. The van der Waals surface area contributed by atoms with Gasteiger partial charge in [-0.3, -0.25) is 13.9 Å². The topological polar surface area (TPSA) is 252 Å². The van der Waals surface area contributed by atoms with E-state index in [9.17, 15) is 31.3 Å². The van der Waals surface area contributed by atoms with Crippen molar-refractivity contribution in [2.24, 2.45) is 20.5 Å². The molecule has 5 rings (SSSR count). The average Bonchev–Trinajstić information content (AvgIpc) is 3.06. The quantitative estimate of drug-likeness (QED) is 0.0578. The molecule has 0 aliphatic heterocycles. The first kappa shape index (κ1) is 34.4. The van der Waals surface area contributed by atoms with Crippen LogP contribution in [0.2, 0.25) is 0 Å². The molecule has 0 aliphatic rings. The van der Waals surface area contributed by atoms with E-state index in [1.54, 1.807) is 12.1 Å². The molecule has 0 atom stereocenters. The van der Waals surface area contributed by atoms with Crippen LogP contribution in [0.5, 0.6) is 17.2 Å². The monoisotopic (exact) mass is 706 g/mol. The molecule has 16 nitrogen and oxygen atoms in total. The lowest BCUT2D eigenvalue weighted by Crippen LogP contribution is -2.11. The maximum atomic E-state index is 12.7. The van der Waals surface area contributed by atoms with Gasteiger partial charge in [0.1, 0.15) is 33.5 Å². The summed E-state index contributed by atoms with van der Waals surface area (Å²) in [5.74, 6) is -0.883. The molecule has 6 N–H and O–H groups in total. The number of methoxy groups -OCH3 is 2. The number of aromatic hydroxyl groups is 1. The Bertz CT molecular complexity index is 2360. The third-order valence-corrected chi connectivity index (χ3v) is 8.64. The van der Waals surface area contributed by atoms with Crippen molar-refractivity contribution in [1.29, 1.82) is 0 Å². The fourth-order valence-electron chi connectivity index (χ4n) is 4.48. The third kappa shape index (κ3) is 7.79. The Morgan fingerprint density at radius 3 is 1.88 bits per heavy atom. The molecule has 0 saturated carbocycles. The molecule has 0 aliphatic carbocycles. The first-order valence-electron chi connectivity index (χ1n) is 13.8. The number of phenolic OH excluding ortho intramolecular Hbond substituents is 1. The fraction of sp³-hybridized carbons (Fsp3) is 0.0645. The van der Waals surface area contributed by atoms with Gasteiger partial charge in [0.25, 0.3) is 26.1 Å². The summed E-state index contributed by atoms with van der Waals surface area (Å²) in [5.41, 5.74) is 6.58. The van der Waals surface area contributed by atoms with Crippen LogP contribution >= 0.6 is 0 Å². The van der Waals surface area contributed by atoms with Gasteiger partial charge in [-0.25, -0.2) is 0 Å². The maximum Gasteiger partial charge on any atom is 0.296 e. The lowest BCUT2D eigenvalue weighted by Gasteiger charge is -2.12. The first-order valence-corrected chi connectivity index (χ1v) is 16.7. The Hall–Kier alpha value is -5.95. The van der Waals surface area contributed by atoms with Crippen LogP contribution in [0.3, 0.4) is 0 Å². The SMILES string of the molecule is COc1cc(N=Nc2c(S(=O)(=O)O)cc3cc(NC(=O)c4ccc(N)cc4)ccc3c2O)c(OC)cc1N=Nc1ccc(S(=O)(=O)O)cc1. The normalized spacial score (nSPS) is 12.1. The number of nitrogens with two attached hydrogens (primary N) is 1. The van der Waals surface area contributed by atoms with Crippen molar-refractivity contribution in [2.45, 2.75) is 9.79 Å². The second-order valence-corrected chi connectivity index (χ2v) is 12.9. The van der Waals surface area contributed by atoms with E-state index in [0.717, 1.165) is 18.2 Å². The molecule has 0 aromatic heterocycles. The zero-order valence-corrected chi connectivity index (χ0v) is 27.1. The molecule has 1 amide bonds. The van der Waals surface area contributed by atoms with Crippen molar-refractivity contribution in [3.05, 3.63) is 90.5 Å². The minimum Gasteiger partial charge on any atom is -0.505 e. The smallest absolute Gasteiger partial charge is 0.296 e. The van der Waals surface area contributed by atoms with Gasteiger partial charge >= 0.3 is 0 Å². The number of hydrogen-bond acceptors (Lipinski definition) is 13. The summed E-state index contributed by atoms with van der Waals surface area (Å²) in [5, 5.41) is 30.2. The van der Waals surface area contributed by atoms with Crippen LogP contribution in [0.15, 0.2) is 115 Å². The maximum absolute atomic E-state index is 12.7. The van der Waals surface area contributed by atoms with Crippen LogP contribution in [0.1, 0.15) is 10.4 Å². The molecule has 0 radical (unpaired) electrons. The predicted molar refractivity (Wildman–Crippen MR) is 178 cm³/mol. The van der Waals surface area contributed by atoms with Crippen molar-refractivity contribution in [3.63, 3.8) is 0 Å². The van der Waals surface area contributed by atoms with Gasteiger partial charge in [-0.1, -0.05) is 0 Å². The van der Waals surface area contributed by atoms with E-state index in [-0.39, 0.29) is 49.9 Å². The van der Waals surface area contributed by atoms with Crippen molar-refractivity contribution in [2.75, 3.05) is 25.3 Å². The number of anilines is 2. The van der Waals surface area contributed by atoms with Gasteiger partial charge in [-0.05, 0) is 78.2 Å². The summed E-state index contributed by atoms with van der Waals surface area (Å²) in [6.45, 7) is 0. The zero-order chi connectivity index (χ0) is 35.5. The van der Waals surface area contributed by atoms with Crippen LogP contribution in [-0.2, 0) is 20.2 Å². The van der Waals surface area contributed by atoms with Crippen LogP contribution in [0, 0.1) is 0 Å². The number of azo groups is 2. The number of carbonyl (C=O) groups excluding carboxylic acids is 1. The van der Waals surface area contributed by atoms with Gasteiger partial charge in [0.05, 0.1) is 24.8 Å². The van der Waals surface area contributed by atoms with Gasteiger partial charge in [0, 0.05) is 34.5 Å². The summed E-state index contributed by atoms with van der Waals surface area (Å²) in [6.07, 6.45) is 0. The van der Waals surface area contributed by atoms with E-state index in [0.29, 0.717) is 11.3 Å². The Labute approximate surface area is 279 Å². The molecule has 0 spiro atoms. The molecule has 252 valence electrons. The largest absolute Gasteiger partial charge is 0.505 e. The van der Waals surface area contributed by atoms with E-state index >= 15 is 0 Å². The number of carbonyl (C=O) groups is 1. The lowest BCUT2D eigenvalue weighted by molar-refractivity contribution is 0.102. The van der Waals surface area contributed by atoms with Gasteiger partial charge in [-0.15, -0.1) is 15.3 Å². The number of nitrogens with one attached hydrogen (secondary N) is 1. The molecular weight excluding hydrogens is 681 g/mol. The average molecular weight is 707 g/mol. The van der Waals surface area contributed by atoms with Crippen molar-refractivity contribution in [1.82, 2.24) is 0 Å². The number of nitrogen functional groups attached to an aromatic ring is 1. The predicted octanol–water partition coefficient (Wildman–Crippen LogP) is 6.72. The fourth-order valence-corrected chi connectivity index (χ4v) is 5.62. The van der Waals surface area contributed by atoms with Gasteiger partial charge in [0.2, 0.25) is 0 Å². The van der Waals surface area contributed by atoms with Crippen LogP contribution in [0.4, 0.5) is 34.1 Å². The highest BCUT2D eigenvalue weighted by Crippen LogP contribution is 2.45. The highest BCUT2D eigenvalue weighted by Gasteiger charge is 2.23. The highest BCUT2D eigenvalue weighted by molar-refractivity contribution is 7.86. The van der Waals surface area contributed by atoms with E-state index in [1.807, 2.05) is 0 Å². The summed E-state index contributed by atoms with van der Waals surface area (Å²) >= 11 is 0. The van der Waals surface area contributed by atoms with Crippen molar-refractivity contribution >= 4 is 71.0 Å². The number of fused-ring (bicyclic) bond motifs is 1. The summed E-state index contributed by atoms with van der Waals surface area (Å²) in [4.78, 5) is 11.6. The van der Waals surface area contributed by atoms with Crippen LogP contribution in [0.25, 0.3) is 10.8 Å². The second-order valence-electron chi connectivity index (χ2n) is 10.1. The molecule has 0 bridgehead atoms. The van der Waals surface area contributed by atoms with E-state index in [1.165, 1.54) is 68.8 Å². The second kappa shape index (κ2) is 13.6. The molecule has 0 unspecified atom stereocenters. The number of benzene rings is 5. The number of phenols is 1. The molecular formula is C31H26N6O10S2. The molecule has 0 saturated heterocycles. The van der Waals surface area contributed by atoms with Gasteiger partial charge in [0.15, 0.2) is 5.75 Å². The molecule has 0 fully saturated rings. The van der Waals surface area contributed by atoms with Crippen LogP contribution in [-0.4, -0.2) is 51.2 Å². The first-order chi connectivity index (χ1) is 23.2. The molecule has 49 heavy (non-hydrogen) atoms. The number of hydrogen-bond donors (Lipinski definition) is 5. The highest BCUT2D eigenvalue weighted by atomic mass is 32.2. The van der Waals surface area contributed by atoms with E-state index in [4.69, 9.17) is 19.8 Å². The minimum absolute atomic E-state index is 0.0114. The summed E-state index contributed by atoms with van der Waals surface area (Å²) < 4.78 is 77.3. The summed E-state index contributed by atoms with van der Waals surface area (Å²) in [7, 11) is -6.69. The van der Waals surface area contributed by atoms with E-state index < -0.39 is 42.5 Å². The van der Waals surface area contributed by atoms with E-state index in [2.05, 4.69) is 25.8 Å². The lowest BCUT2D eigenvalue weighted by atomic mass is 10.1. The number of ether oxygens (including phenoxy) is 2. The molecule has 5 aromatic rings. The summed E-state index contributed by atoms with van der Waals surface area (Å²) in [6, 6.07) is 19.2. The number of rotatable bonds is 10. The molecule has 18 heteroatoms. The minimum atomic E-state index is -4.96. The number of amides is 1. The third-order valence-electron chi connectivity index (χ3n) is 6.91. The Kier molecular flexibility index (Phi) is 9.58. The standard InChI is InChI=1S/C31H26N6O10S2/c1-46-26-16-25(27(47-2)15-24(26)35-34-20-7-10-22(11-8-20)48(40,41)42)36-37-29-28(49(43,44)45)14-18-13-21(9-12-23(18)30(29)38)33-31(39)17-3-5-19(32)6-4-17/h3-16,38H,32H2,1-2H3,(H,33,39)(H,40,41,42)(H,43,44,45). The van der Waals surface area contributed by atoms with Gasteiger partial charge < -0.3 is 25.6 Å². The molecule has 5 aromatic carbocycles. The Morgan fingerprint density at radius 2 is 1.33 bits per heavy atom.